The van der Waals surface area contributed by atoms with Gasteiger partial charge in [0.2, 0.25) is 0 Å². The van der Waals surface area contributed by atoms with Crippen LogP contribution in [0.3, 0.4) is 0 Å². The van der Waals surface area contributed by atoms with Crippen LogP contribution in [0.4, 0.5) is 5.82 Å². The molecule has 25 heavy (non-hydrogen) atoms. The van der Waals surface area contributed by atoms with Crippen molar-refractivity contribution in [3.8, 4) is 0 Å². The fraction of sp³-hybridized carbons (Fsp3) is 0.684. The van der Waals surface area contributed by atoms with Gasteiger partial charge < -0.3 is 20.6 Å². The number of hydrogen-bond acceptors (Lipinski definition) is 5. The predicted octanol–water partition coefficient (Wildman–Crippen LogP) is 1.79. The topological polar surface area (TPSA) is 77.5 Å². The third kappa shape index (κ3) is 5.97. The zero-order chi connectivity index (χ0) is 18.5. The van der Waals surface area contributed by atoms with E-state index in [-0.39, 0.29) is 17.9 Å². The quantitative estimate of drug-likeness (QED) is 0.655. The molecule has 2 heterocycles. The summed E-state index contributed by atoms with van der Waals surface area (Å²) in [5.74, 6) is 0.695. The van der Waals surface area contributed by atoms with Crippen LogP contribution in [0.15, 0.2) is 18.3 Å². The van der Waals surface area contributed by atoms with Gasteiger partial charge >= 0.3 is 0 Å². The number of likely N-dealkylation sites (tertiary alicyclic amines) is 1. The van der Waals surface area contributed by atoms with Crippen molar-refractivity contribution in [1.29, 1.82) is 0 Å². The smallest absolute Gasteiger partial charge is 0.255 e. The van der Waals surface area contributed by atoms with Crippen molar-refractivity contribution < 1.29 is 9.90 Å². The van der Waals surface area contributed by atoms with E-state index >= 15 is 0 Å². The van der Waals surface area contributed by atoms with Crippen LogP contribution in [0.2, 0.25) is 0 Å². The molecule has 0 radical (unpaired) electrons. The van der Waals surface area contributed by atoms with Crippen LogP contribution in [0.5, 0.6) is 0 Å². The molecule has 1 aromatic rings. The Morgan fingerprint density at radius 3 is 2.80 bits per heavy atom. The number of carbonyl (C=O) groups is 1. The summed E-state index contributed by atoms with van der Waals surface area (Å²) in [6, 6.07) is 3.94. The van der Waals surface area contributed by atoms with Gasteiger partial charge in [0.15, 0.2) is 5.60 Å². The highest BCUT2D eigenvalue weighted by atomic mass is 16.3. The molecule has 0 bridgehead atoms. The maximum Gasteiger partial charge on any atom is 0.255 e. The molecule has 3 N–H and O–H groups in total. The second kappa shape index (κ2) is 8.15. The molecule has 0 saturated carbocycles. The van der Waals surface area contributed by atoms with Crippen LogP contribution < -0.4 is 10.6 Å². The second-order valence-corrected chi connectivity index (χ2v) is 8.24. The first kappa shape index (κ1) is 19.7. The maximum absolute atomic E-state index is 12.7. The third-order valence-electron chi connectivity index (χ3n) is 4.31. The number of anilines is 1. The Kier molecular flexibility index (Phi) is 6.41. The van der Waals surface area contributed by atoms with E-state index in [9.17, 15) is 9.90 Å². The van der Waals surface area contributed by atoms with Crippen LogP contribution in [-0.2, 0) is 4.79 Å². The van der Waals surface area contributed by atoms with Crippen LogP contribution in [-0.4, -0.2) is 59.2 Å². The van der Waals surface area contributed by atoms with Gasteiger partial charge in [-0.2, -0.15) is 0 Å². The Bertz CT molecular complexity index is 585. The van der Waals surface area contributed by atoms with E-state index in [4.69, 9.17) is 0 Å². The lowest BCUT2D eigenvalue weighted by Gasteiger charge is -2.41. The number of piperidine rings is 1. The first-order valence-corrected chi connectivity index (χ1v) is 9.09. The van der Waals surface area contributed by atoms with E-state index in [2.05, 4.69) is 36.4 Å². The SMILES string of the molecule is Cc1ccnc(NCCNCC2(O)CCCN(CC(C)(C)C)C2=O)c1. The fourth-order valence-corrected chi connectivity index (χ4v) is 3.16. The summed E-state index contributed by atoms with van der Waals surface area (Å²) in [6.45, 7) is 11.4. The molecule has 6 heteroatoms. The molecule has 0 aromatic carbocycles. The van der Waals surface area contributed by atoms with Gasteiger partial charge in [-0.1, -0.05) is 20.8 Å². The molecule has 1 aliphatic heterocycles. The normalized spacial score (nSPS) is 21.5. The van der Waals surface area contributed by atoms with Crippen LogP contribution >= 0.6 is 0 Å². The molecule has 0 spiro atoms. The number of aromatic nitrogens is 1. The van der Waals surface area contributed by atoms with Crippen molar-refractivity contribution in [2.45, 2.75) is 46.1 Å². The number of hydrogen-bond donors (Lipinski definition) is 3. The van der Waals surface area contributed by atoms with Gasteiger partial charge in [0.05, 0.1) is 0 Å². The number of aryl methyl sites for hydroxylation is 1. The highest BCUT2D eigenvalue weighted by Gasteiger charge is 2.42. The molecular weight excluding hydrogens is 316 g/mol. The van der Waals surface area contributed by atoms with Crippen molar-refractivity contribution in [3.63, 3.8) is 0 Å². The summed E-state index contributed by atoms with van der Waals surface area (Å²) in [4.78, 5) is 18.7. The number of rotatable bonds is 7. The second-order valence-electron chi connectivity index (χ2n) is 8.24. The zero-order valence-corrected chi connectivity index (χ0v) is 15.9. The molecular formula is C19H32N4O2. The van der Waals surface area contributed by atoms with E-state index < -0.39 is 5.60 Å². The fourth-order valence-electron chi connectivity index (χ4n) is 3.16. The van der Waals surface area contributed by atoms with Gasteiger partial charge in [-0.05, 0) is 42.9 Å². The molecule has 2 rings (SSSR count). The van der Waals surface area contributed by atoms with Crippen molar-refractivity contribution in [2.24, 2.45) is 5.41 Å². The number of nitrogens with one attached hydrogen (secondary N) is 2. The summed E-state index contributed by atoms with van der Waals surface area (Å²) >= 11 is 0. The van der Waals surface area contributed by atoms with Crippen LogP contribution in [0.1, 0.15) is 39.2 Å². The summed E-state index contributed by atoms with van der Waals surface area (Å²) < 4.78 is 0. The van der Waals surface area contributed by atoms with E-state index in [1.54, 1.807) is 11.1 Å². The van der Waals surface area contributed by atoms with E-state index in [0.717, 1.165) is 24.3 Å². The lowest BCUT2D eigenvalue weighted by molar-refractivity contribution is -0.158. The number of nitrogens with zero attached hydrogens (tertiary/aromatic N) is 2. The number of carbonyl (C=O) groups excluding carboxylic acids is 1. The van der Waals surface area contributed by atoms with Gasteiger partial charge in [-0.25, -0.2) is 4.98 Å². The van der Waals surface area contributed by atoms with Gasteiger partial charge in [0.25, 0.3) is 5.91 Å². The molecule has 6 nitrogen and oxygen atoms in total. The van der Waals surface area contributed by atoms with Crippen molar-refractivity contribution in [1.82, 2.24) is 15.2 Å². The van der Waals surface area contributed by atoms with E-state index in [1.165, 1.54) is 0 Å². The lowest BCUT2D eigenvalue weighted by atomic mass is 9.88. The standard InChI is InChI=1S/C19H32N4O2/c1-15-6-8-21-16(12-15)22-10-9-20-13-19(25)7-5-11-23(17(19)24)14-18(2,3)4/h6,8,12,20,25H,5,7,9-11,13-14H2,1-4H3,(H,21,22). The Hall–Kier alpha value is -1.66. The summed E-state index contributed by atoms with van der Waals surface area (Å²) in [6.07, 6.45) is 3.14. The molecule has 1 amide bonds. The highest BCUT2D eigenvalue weighted by Crippen LogP contribution is 2.25. The Labute approximate surface area is 151 Å². The van der Waals surface area contributed by atoms with Crippen molar-refractivity contribution in [3.05, 3.63) is 23.9 Å². The minimum atomic E-state index is -1.29. The number of aliphatic hydroxyl groups is 1. The van der Waals surface area contributed by atoms with Gasteiger partial charge in [0.1, 0.15) is 5.82 Å². The Morgan fingerprint density at radius 1 is 1.36 bits per heavy atom. The largest absolute Gasteiger partial charge is 0.379 e. The summed E-state index contributed by atoms with van der Waals surface area (Å²) in [5, 5.41) is 17.2. The third-order valence-corrected chi connectivity index (χ3v) is 4.31. The predicted molar refractivity (Wildman–Crippen MR) is 101 cm³/mol. The number of pyridine rings is 1. The molecule has 1 atom stereocenters. The molecule has 1 fully saturated rings. The minimum Gasteiger partial charge on any atom is -0.379 e. The molecule has 0 aliphatic carbocycles. The molecule has 1 aliphatic rings. The first-order chi connectivity index (χ1) is 11.7. The van der Waals surface area contributed by atoms with Gasteiger partial charge in [-0.3, -0.25) is 4.79 Å². The van der Waals surface area contributed by atoms with E-state index in [1.807, 2.05) is 19.1 Å². The van der Waals surface area contributed by atoms with Crippen LogP contribution in [0, 0.1) is 12.3 Å². The Morgan fingerprint density at radius 2 is 2.12 bits per heavy atom. The van der Waals surface area contributed by atoms with Gasteiger partial charge in [-0.15, -0.1) is 0 Å². The Balaban J connectivity index is 1.77. The molecule has 140 valence electrons. The average molecular weight is 348 g/mol. The molecule has 1 unspecified atom stereocenters. The summed E-state index contributed by atoms with van der Waals surface area (Å²) in [5.41, 5.74) is -0.0940. The van der Waals surface area contributed by atoms with Crippen molar-refractivity contribution >= 4 is 11.7 Å². The lowest BCUT2D eigenvalue weighted by Crippen LogP contribution is -2.59. The maximum atomic E-state index is 12.7. The molecule has 1 aromatic heterocycles. The first-order valence-electron chi connectivity index (χ1n) is 9.09. The zero-order valence-electron chi connectivity index (χ0n) is 15.9. The van der Waals surface area contributed by atoms with Gasteiger partial charge in [0, 0.05) is 38.9 Å². The van der Waals surface area contributed by atoms with Crippen molar-refractivity contribution in [2.75, 3.05) is 38.0 Å². The highest BCUT2D eigenvalue weighted by molar-refractivity contribution is 5.86. The average Bonchev–Trinajstić information content (AvgIpc) is 2.51. The summed E-state index contributed by atoms with van der Waals surface area (Å²) in [7, 11) is 0. The van der Waals surface area contributed by atoms with Crippen LogP contribution in [0.25, 0.3) is 0 Å². The van der Waals surface area contributed by atoms with E-state index in [0.29, 0.717) is 26.1 Å². The minimum absolute atomic E-state index is 0.0338. The number of amides is 1. The molecule has 1 saturated heterocycles. The monoisotopic (exact) mass is 348 g/mol.